The van der Waals surface area contributed by atoms with Gasteiger partial charge >= 0.3 is 0 Å². The molecule has 2 aromatic rings. The first-order chi connectivity index (χ1) is 9.71. The molecule has 0 aliphatic rings. The highest BCUT2D eigenvalue weighted by Crippen LogP contribution is 2.34. The van der Waals surface area contributed by atoms with Crippen LogP contribution in [0.4, 0.5) is 0 Å². The molecule has 0 amide bonds. The number of aromatic nitrogens is 1. The van der Waals surface area contributed by atoms with Crippen molar-refractivity contribution in [3.63, 3.8) is 0 Å². The zero-order valence-corrected chi connectivity index (χ0v) is 12.0. The normalized spacial score (nSPS) is 12.0. The molecule has 20 heavy (non-hydrogen) atoms. The van der Waals surface area contributed by atoms with Crippen molar-refractivity contribution in [2.24, 2.45) is 5.84 Å². The van der Waals surface area contributed by atoms with E-state index in [0.717, 1.165) is 11.1 Å². The van der Waals surface area contributed by atoms with Gasteiger partial charge < -0.3 is 9.47 Å². The molecule has 1 aromatic heterocycles. The molecule has 0 fully saturated rings. The van der Waals surface area contributed by atoms with Crippen LogP contribution in [0.5, 0.6) is 11.5 Å². The van der Waals surface area contributed by atoms with Crippen molar-refractivity contribution in [1.29, 1.82) is 0 Å². The third-order valence-electron chi connectivity index (χ3n) is 3.03. The van der Waals surface area contributed by atoms with Crippen molar-refractivity contribution < 1.29 is 9.47 Å². The summed E-state index contributed by atoms with van der Waals surface area (Å²) in [5, 5.41) is 0.528. The zero-order chi connectivity index (χ0) is 14.5. The van der Waals surface area contributed by atoms with Crippen LogP contribution in [-0.2, 0) is 0 Å². The minimum Gasteiger partial charge on any atom is -0.497 e. The van der Waals surface area contributed by atoms with E-state index in [9.17, 15) is 0 Å². The lowest BCUT2D eigenvalue weighted by molar-refractivity contribution is 0.394. The number of rotatable bonds is 5. The largest absolute Gasteiger partial charge is 0.497 e. The molecular formula is C14H16ClN3O2. The fourth-order valence-corrected chi connectivity index (χ4v) is 2.26. The number of benzene rings is 1. The van der Waals surface area contributed by atoms with E-state index in [2.05, 4.69) is 10.4 Å². The topological polar surface area (TPSA) is 69.4 Å². The number of hydrogen-bond acceptors (Lipinski definition) is 5. The maximum atomic E-state index is 6.19. The van der Waals surface area contributed by atoms with Crippen molar-refractivity contribution in [3.8, 4) is 11.5 Å². The molecule has 3 N–H and O–H groups in total. The predicted molar refractivity (Wildman–Crippen MR) is 78.0 cm³/mol. The third kappa shape index (κ3) is 2.85. The van der Waals surface area contributed by atoms with E-state index < -0.39 is 0 Å². The van der Waals surface area contributed by atoms with Crippen LogP contribution in [0.15, 0.2) is 36.7 Å². The number of hydrazine groups is 1. The summed E-state index contributed by atoms with van der Waals surface area (Å²) in [6, 6.07) is 7.00. The number of hydrogen-bond donors (Lipinski definition) is 2. The second-order valence-corrected chi connectivity index (χ2v) is 4.51. The van der Waals surface area contributed by atoms with Gasteiger partial charge in [-0.25, -0.2) is 5.43 Å². The number of halogens is 1. The van der Waals surface area contributed by atoms with Crippen LogP contribution in [0.2, 0.25) is 5.02 Å². The maximum absolute atomic E-state index is 6.19. The summed E-state index contributed by atoms with van der Waals surface area (Å²) in [7, 11) is 3.21. The fraction of sp³-hybridized carbons (Fsp3) is 0.214. The molecule has 1 aromatic carbocycles. The van der Waals surface area contributed by atoms with Gasteiger partial charge in [-0.2, -0.15) is 0 Å². The quantitative estimate of drug-likeness (QED) is 0.654. The van der Waals surface area contributed by atoms with Crippen molar-refractivity contribution in [2.75, 3.05) is 14.2 Å². The third-order valence-corrected chi connectivity index (χ3v) is 3.35. The van der Waals surface area contributed by atoms with E-state index in [1.54, 1.807) is 26.6 Å². The first kappa shape index (κ1) is 14.6. The molecule has 1 unspecified atom stereocenters. The van der Waals surface area contributed by atoms with E-state index in [4.69, 9.17) is 26.9 Å². The number of ether oxygens (including phenoxy) is 2. The first-order valence-electron chi connectivity index (χ1n) is 5.98. The summed E-state index contributed by atoms with van der Waals surface area (Å²) in [5.74, 6) is 7.11. The Bertz CT molecular complexity index is 592. The Morgan fingerprint density at radius 2 is 2.00 bits per heavy atom. The van der Waals surface area contributed by atoms with Gasteiger partial charge in [-0.3, -0.25) is 10.8 Å². The molecule has 6 heteroatoms. The Hall–Kier alpha value is -1.82. The molecule has 5 nitrogen and oxygen atoms in total. The summed E-state index contributed by atoms with van der Waals surface area (Å²) < 4.78 is 10.6. The Labute approximate surface area is 122 Å². The summed E-state index contributed by atoms with van der Waals surface area (Å²) in [4.78, 5) is 3.98. The molecule has 106 valence electrons. The fourth-order valence-electron chi connectivity index (χ4n) is 2.03. The van der Waals surface area contributed by atoms with Crippen LogP contribution in [0.25, 0.3) is 0 Å². The smallest absolute Gasteiger partial charge is 0.124 e. The van der Waals surface area contributed by atoms with Gasteiger partial charge in [0.25, 0.3) is 0 Å². The molecule has 0 saturated carbocycles. The summed E-state index contributed by atoms with van der Waals surface area (Å²) >= 11 is 6.19. The Morgan fingerprint density at radius 1 is 1.20 bits per heavy atom. The molecule has 0 radical (unpaired) electrons. The van der Waals surface area contributed by atoms with Gasteiger partial charge in [-0.15, -0.1) is 0 Å². The van der Waals surface area contributed by atoms with Crippen molar-refractivity contribution in [3.05, 3.63) is 52.8 Å². The molecule has 1 atom stereocenters. The van der Waals surface area contributed by atoms with E-state index in [1.165, 1.54) is 0 Å². The van der Waals surface area contributed by atoms with Gasteiger partial charge in [0.15, 0.2) is 0 Å². The van der Waals surface area contributed by atoms with Gasteiger partial charge in [0.2, 0.25) is 0 Å². The number of nitrogens with zero attached hydrogens (tertiary/aromatic N) is 1. The second kappa shape index (κ2) is 6.56. The van der Waals surface area contributed by atoms with Crippen LogP contribution < -0.4 is 20.7 Å². The number of nitrogens with one attached hydrogen (secondary N) is 1. The van der Waals surface area contributed by atoms with E-state index in [0.29, 0.717) is 16.5 Å². The lowest BCUT2D eigenvalue weighted by Crippen LogP contribution is -2.29. The predicted octanol–water partition coefficient (Wildman–Crippen LogP) is 2.30. The summed E-state index contributed by atoms with van der Waals surface area (Å²) in [6.45, 7) is 0. The van der Waals surface area contributed by atoms with Crippen LogP contribution in [0, 0.1) is 0 Å². The molecule has 0 aliphatic heterocycles. The van der Waals surface area contributed by atoms with Gasteiger partial charge in [0, 0.05) is 18.0 Å². The number of methoxy groups -OCH3 is 2. The SMILES string of the molecule is COc1ccc(OC)c(C(NN)c2ccncc2Cl)c1. The van der Waals surface area contributed by atoms with Crippen LogP contribution in [0.3, 0.4) is 0 Å². The zero-order valence-electron chi connectivity index (χ0n) is 11.3. The maximum Gasteiger partial charge on any atom is 0.124 e. The monoisotopic (exact) mass is 293 g/mol. The Balaban J connectivity index is 2.54. The highest BCUT2D eigenvalue weighted by Gasteiger charge is 2.20. The van der Waals surface area contributed by atoms with Crippen molar-refractivity contribution in [2.45, 2.75) is 6.04 Å². The van der Waals surface area contributed by atoms with Gasteiger partial charge in [-0.05, 0) is 29.8 Å². The Morgan fingerprint density at radius 3 is 2.60 bits per heavy atom. The first-order valence-corrected chi connectivity index (χ1v) is 6.36. The highest BCUT2D eigenvalue weighted by molar-refractivity contribution is 6.31. The van der Waals surface area contributed by atoms with Gasteiger partial charge in [-0.1, -0.05) is 11.6 Å². The van der Waals surface area contributed by atoms with Gasteiger partial charge in [0.05, 0.1) is 25.3 Å². The molecule has 0 spiro atoms. The lowest BCUT2D eigenvalue weighted by Gasteiger charge is -2.21. The molecule has 2 rings (SSSR count). The van der Waals surface area contributed by atoms with E-state index in [-0.39, 0.29) is 6.04 Å². The van der Waals surface area contributed by atoms with E-state index in [1.807, 2.05) is 24.3 Å². The molecule has 0 aliphatic carbocycles. The number of pyridine rings is 1. The molecule has 0 saturated heterocycles. The van der Waals surface area contributed by atoms with Gasteiger partial charge in [0.1, 0.15) is 11.5 Å². The second-order valence-electron chi connectivity index (χ2n) is 4.10. The minimum atomic E-state index is -0.324. The standard InChI is InChI=1S/C14H16ClN3O2/c1-19-9-3-4-13(20-2)11(7-9)14(18-16)10-5-6-17-8-12(10)15/h3-8,14,18H,16H2,1-2H3. The average Bonchev–Trinajstić information content (AvgIpc) is 2.49. The summed E-state index contributed by atoms with van der Waals surface area (Å²) in [6.07, 6.45) is 3.24. The minimum absolute atomic E-state index is 0.324. The Kier molecular flexibility index (Phi) is 4.79. The van der Waals surface area contributed by atoms with Crippen molar-refractivity contribution >= 4 is 11.6 Å². The van der Waals surface area contributed by atoms with Crippen LogP contribution in [-0.4, -0.2) is 19.2 Å². The molecule has 1 heterocycles. The summed E-state index contributed by atoms with van der Waals surface area (Å²) in [5.41, 5.74) is 4.40. The molecule has 0 bridgehead atoms. The number of nitrogens with two attached hydrogens (primary N) is 1. The van der Waals surface area contributed by atoms with Crippen molar-refractivity contribution in [1.82, 2.24) is 10.4 Å². The highest BCUT2D eigenvalue weighted by atomic mass is 35.5. The van der Waals surface area contributed by atoms with E-state index >= 15 is 0 Å². The van der Waals surface area contributed by atoms with Crippen LogP contribution in [0.1, 0.15) is 17.2 Å². The van der Waals surface area contributed by atoms with Crippen LogP contribution >= 0.6 is 11.6 Å². The molecular weight excluding hydrogens is 278 g/mol. The lowest BCUT2D eigenvalue weighted by atomic mass is 9.99. The average molecular weight is 294 g/mol.